The number of para-hydroxylation sites is 2. The number of likely N-dealkylation sites (tertiary alicyclic amines) is 1. The zero-order valence-electron chi connectivity index (χ0n) is 12.7. The molecule has 1 aromatic heterocycles. The van der Waals surface area contributed by atoms with E-state index in [-0.39, 0.29) is 18.6 Å². The number of ether oxygens (including phenoxy) is 2. The molecular formula is C16H18N4O3. The van der Waals surface area contributed by atoms with Gasteiger partial charge in [0.25, 0.3) is 5.91 Å². The predicted octanol–water partition coefficient (Wildman–Crippen LogP) is 1.28. The average molecular weight is 314 g/mol. The predicted molar refractivity (Wildman–Crippen MR) is 81.2 cm³/mol. The van der Waals surface area contributed by atoms with Crippen LogP contribution in [0.1, 0.15) is 18.9 Å². The average Bonchev–Trinajstić information content (AvgIpc) is 3.15. The van der Waals surface area contributed by atoms with Gasteiger partial charge in [-0.15, -0.1) is 0 Å². The summed E-state index contributed by atoms with van der Waals surface area (Å²) in [5.74, 6) is 1.29. The Morgan fingerprint density at radius 1 is 1.26 bits per heavy atom. The number of fused-ring (bicyclic) bond motifs is 1. The molecule has 0 aliphatic carbocycles. The maximum absolute atomic E-state index is 12.8. The molecule has 2 aliphatic heterocycles. The van der Waals surface area contributed by atoms with Gasteiger partial charge in [0.05, 0.1) is 6.04 Å². The van der Waals surface area contributed by atoms with E-state index in [0.717, 1.165) is 19.4 Å². The molecule has 3 heterocycles. The molecule has 7 heteroatoms. The maximum atomic E-state index is 12.8. The zero-order chi connectivity index (χ0) is 15.6. The topological polar surface area (TPSA) is 69.5 Å². The molecule has 2 aromatic rings. The van der Waals surface area contributed by atoms with Gasteiger partial charge in [-0.3, -0.25) is 4.79 Å². The first kappa shape index (κ1) is 14.0. The highest BCUT2D eigenvalue weighted by molar-refractivity contribution is 5.82. The van der Waals surface area contributed by atoms with Gasteiger partial charge in [-0.2, -0.15) is 5.10 Å². The van der Waals surface area contributed by atoms with Gasteiger partial charge in [0.2, 0.25) is 6.10 Å². The standard InChI is InChI=1S/C16H18N4O3/c21-16(15-9-22-13-5-1-2-6-14(13)23-15)19-7-3-4-12(8-19)20-11-17-10-18-20/h1-2,5-6,10-12,15H,3-4,7-9H2. The minimum Gasteiger partial charge on any atom is -0.485 e. The molecule has 23 heavy (non-hydrogen) atoms. The Morgan fingerprint density at radius 3 is 2.96 bits per heavy atom. The summed E-state index contributed by atoms with van der Waals surface area (Å²) in [7, 11) is 0. The molecule has 1 amide bonds. The van der Waals surface area contributed by atoms with Gasteiger partial charge in [0.15, 0.2) is 11.5 Å². The second kappa shape index (κ2) is 5.91. The summed E-state index contributed by atoms with van der Waals surface area (Å²) in [6.45, 7) is 1.62. The molecule has 2 aliphatic rings. The Balaban J connectivity index is 1.45. The van der Waals surface area contributed by atoms with Crippen LogP contribution in [0.15, 0.2) is 36.9 Å². The van der Waals surface area contributed by atoms with Gasteiger partial charge in [-0.05, 0) is 25.0 Å². The molecular weight excluding hydrogens is 296 g/mol. The van der Waals surface area contributed by atoms with E-state index >= 15 is 0 Å². The van der Waals surface area contributed by atoms with E-state index in [4.69, 9.17) is 9.47 Å². The highest BCUT2D eigenvalue weighted by Gasteiger charge is 2.34. The van der Waals surface area contributed by atoms with Crippen molar-refractivity contribution in [2.24, 2.45) is 0 Å². The van der Waals surface area contributed by atoms with Crippen LogP contribution >= 0.6 is 0 Å². The summed E-state index contributed by atoms with van der Waals surface area (Å²) in [6, 6.07) is 7.60. The Labute approximate surface area is 133 Å². The van der Waals surface area contributed by atoms with Crippen molar-refractivity contribution in [3.05, 3.63) is 36.9 Å². The van der Waals surface area contributed by atoms with Gasteiger partial charge in [0, 0.05) is 13.1 Å². The van der Waals surface area contributed by atoms with E-state index in [0.29, 0.717) is 18.0 Å². The molecule has 0 bridgehead atoms. The molecule has 0 spiro atoms. The largest absolute Gasteiger partial charge is 0.485 e. The van der Waals surface area contributed by atoms with Crippen molar-refractivity contribution in [3.63, 3.8) is 0 Å². The SMILES string of the molecule is O=C(C1COc2ccccc2O1)N1CCCC(n2cncn2)C1. The van der Waals surface area contributed by atoms with Crippen molar-refractivity contribution in [1.29, 1.82) is 0 Å². The molecule has 0 radical (unpaired) electrons. The van der Waals surface area contributed by atoms with Gasteiger partial charge >= 0.3 is 0 Å². The Kier molecular flexibility index (Phi) is 3.61. The molecule has 1 fully saturated rings. The first-order valence-electron chi connectivity index (χ1n) is 7.82. The quantitative estimate of drug-likeness (QED) is 0.835. The van der Waals surface area contributed by atoms with Crippen molar-refractivity contribution >= 4 is 5.91 Å². The summed E-state index contributed by atoms with van der Waals surface area (Å²) >= 11 is 0. The first-order valence-corrected chi connectivity index (χ1v) is 7.82. The Hall–Kier alpha value is -2.57. The Bertz CT molecular complexity index is 688. The van der Waals surface area contributed by atoms with E-state index in [1.54, 1.807) is 6.33 Å². The van der Waals surface area contributed by atoms with E-state index in [2.05, 4.69) is 10.1 Å². The molecule has 2 atom stereocenters. The van der Waals surface area contributed by atoms with Crippen molar-refractivity contribution in [3.8, 4) is 11.5 Å². The van der Waals surface area contributed by atoms with E-state index in [1.165, 1.54) is 6.33 Å². The minimum absolute atomic E-state index is 0.0238. The first-order chi connectivity index (χ1) is 11.3. The van der Waals surface area contributed by atoms with Gasteiger partial charge < -0.3 is 14.4 Å². The van der Waals surface area contributed by atoms with Gasteiger partial charge in [-0.1, -0.05) is 12.1 Å². The van der Waals surface area contributed by atoms with Crippen LogP contribution in [-0.2, 0) is 4.79 Å². The lowest BCUT2D eigenvalue weighted by Crippen LogP contribution is -2.50. The number of aromatic nitrogens is 3. The normalized spacial score (nSPS) is 23.6. The summed E-state index contributed by atoms with van der Waals surface area (Å²) in [6.07, 6.45) is 4.59. The highest BCUT2D eigenvalue weighted by atomic mass is 16.6. The second-order valence-corrected chi connectivity index (χ2v) is 5.82. The van der Waals surface area contributed by atoms with Crippen LogP contribution in [0, 0.1) is 0 Å². The lowest BCUT2D eigenvalue weighted by molar-refractivity contribution is -0.143. The number of nitrogens with zero attached hydrogens (tertiary/aromatic N) is 4. The number of amides is 1. The summed E-state index contributed by atoms with van der Waals surface area (Å²) in [5.41, 5.74) is 0. The van der Waals surface area contributed by atoms with Crippen LogP contribution in [0.4, 0.5) is 0 Å². The lowest BCUT2D eigenvalue weighted by Gasteiger charge is -2.35. The molecule has 4 rings (SSSR count). The fourth-order valence-electron chi connectivity index (χ4n) is 3.12. The number of hydrogen-bond donors (Lipinski definition) is 0. The zero-order valence-corrected chi connectivity index (χ0v) is 12.7. The van der Waals surface area contributed by atoms with Crippen LogP contribution in [0.25, 0.3) is 0 Å². The van der Waals surface area contributed by atoms with Crippen LogP contribution in [0.5, 0.6) is 11.5 Å². The number of carbonyl (C=O) groups is 1. The molecule has 1 aromatic carbocycles. The van der Waals surface area contributed by atoms with Crippen molar-refractivity contribution < 1.29 is 14.3 Å². The van der Waals surface area contributed by atoms with Gasteiger partial charge in [0.1, 0.15) is 19.3 Å². The van der Waals surface area contributed by atoms with Crippen molar-refractivity contribution in [2.45, 2.75) is 25.0 Å². The molecule has 2 unspecified atom stereocenters. The van der Waals surface area contributed by atoms with Crippen molar-refractivity contribution in [2.75, 3.05) is 19.7 Å². The summed E-state index contributed by atoms with van der Waals surface area (Å²) < 4.78 is 13.3. The number of piperidine rings is 1. The smallest absolute Gasteiger partial charge is 0.267 e. The minimum atomic E-state index is -0.584. The molecule has 120 valence electrons. The van der Waals surface area contributed by atoms with E-state index < -0.39 is 6.10 Å². The van der Waals surface area contributed by atoms with Crippen LogP contribution in [0.3, 0.4) is 0 Å². The second-order valence-electron chi connectivity index (χ2n) is 5.82. The van der Waals surface area contributed by atoms with E-state index in [9.17, 15) is 4.79 Å². The molecule has 0 saturated carbocycles. The fraction of sp³-hybridized carbons (Fsp3) is 0.438. The lowest BCUT2D eigenvalue weighted by atomic mass is 10.1. The summed E-state index contributed by atoms with van der Waals surface area (Å²) in [4.78, 5) is 18.6. The Morgan fingerprint density at radius 2 is 2.13 bits per heavy atom. The maximum Gasteiger partial charge on any atom is 0.267 e. The monoisotopic (exact) mass is 314 g/mol. The molecule has 1 saturated heterocycles. The third kappa shape index (κ3) is 2.74. The number of rotatable bonds is 2. The summed E-state index contributed by atoms with van der Waals surface area (Å²) in [5, 5.41) is 4.19. The number of benzene rings is 1. The van der Waals surface area contributed by atoms with Crippen LogP contribution in [0.2, 0.25) is 0 Å². The van der Waals surface area contributed by atoms with Crippen molar-refractivity contribution in [1.82, 2.24) is 19.7 Å². The molecule has 7 nitrogen and oxygen atoms in total. The van der Waals surface area contributed by atoms with Crippen LogP contribution in [-0.4, -0.2) is 51.4 Å². The van der Waals surface area contributed by atoms with E-state index in [1.807, 2.05) is 33.8 Å². The number of carbonyl (C=O) groups excluding carboxylic acids is 1. The van der Waals surface area contributed by atoms with Crippen LogP contribution < -0.4 is 9.47 Å². The third-order valence-electron chi connectivity index (χ3n) is 4.30. The van der Waals surface area contributed by atoms with Gasteiger partial charge in [-0.25, -0.2) is 9.67 Å². The highest BCUT2D eigenvalue weighted by Crippen LogP contribution is 2.31. The fourth-order valence-corrected chi connectivity index (χ4v) is 3.12. The number of hydrogen-bond acceptors (Lipinski definition) is 5. The third-order valence-corrected chi connectivity index (χ3v) is 4.30. The molecule has 0 N–H and O–H groups in total.